The highest BCUT2D eigenvalue weighted by Crippen LogP contribution is 2.31. The molecule has 3 rings (SSSR count). The number of methoxy groups -OCH3 is 1. The van der Waals surface area contributed by atoms with Gasteiger partial charge in [0.15, 0.2) is 0 Å². The van der Waals surface area contributed by atoms with E-state index >= 15 is 0 Å². The third-order valence-corrected chi connectivity index (χ3v) is 5.35. The number of aromatic nitrogens is 2. The van der Waals surface area contributed by atoms with Gasteiger partial charge in [-0.15, -0.1) is 0 Å². The second kappa shape index (κ2) is 8.63. The summed E-state index contributed by atoms with van der Waals surface area (Å²) in [4.78, 5) is 16.8. The average Bonchev–Trinajstić information content (AvgIpc) is 2.96. The van der Waals surface area contributed by atoms with E-state index in [4.69, 9.17) is 4.74 Å². The number of pyridine rings is 1. The minimum Gasteiger partial charge on any atom is -0.497 e. The van der Waals surface area contributed by atoms with Crippen molar-refractivity contribution in [3.63, 3.8) is 0 Å². The smallest absolute Gasteiger partial charge is 0.235 e. The Hall–Kier alpha value is -3.24. The molecule has 1 amide bonds. The molecule has 6 nitrogen and oxygen atoms in total. The summed E-state index contributed by atoms with van der Waals surface area (Å²) in [6.07, 6.45) is 1.69. The van der Waals surface area contributed by atoms with Gasteiger partial charge >= 0.3 is 0 Å². The zero-order valence-corrected chi connectivity index (χ0v) is 16.7. The summed E-state index contributed by atoms with van der Waals surface area (Å²) in [6.45, 7) is 3.81. The van der Waals surface area contributed by atoms with Crippen molar-refractivity contribution in [1.82, 2.24) is 9.55 Å². The van der Waals surface area contributed by atoms with Crippen LogP contribution in [-0.4, -0.2) is 28.3 Å². The summed E-state index contributed by atoms with van der Waals surface area (Å²) in [6, 6.07) is 15.3. The molecule has 0 bridgehead atoms. The summed E-state index contributed by atoms with van der Waals surface area (Å²) in [5, 5.41) is 13.3. The largest absolute Gasteiger partial charge is 0.497 e. The molecule has 7 heteroatoms. The lowest BCUT2D eigenvalue weighted by Gasteiger charge is -2.13. The van der Waals surface area contributed by atoms with Crippen molar-refractivity contribution < 1.29 is 9.53 Å². The molecule has 1 aromatic carbocycles. The van der Waals surface area contributed by atoms with Crippen molar-refractivity contribution in [3.8, 4) is 17.5 Å². The maximum Gasteiger partial charge on any atom is 0.235 e. The number of benzene rings is 1. The molecule has 0 fully saturated rings. The number of nitrogens with one attached hydrogen (secondary N) is 1. The molecule has 0 saturated carbocycles. The number of anilines is 1. The van der Waals surface area contributed by atoms with E-state index in [-0.39, 0.29) is 11.7 Å². The van der Waals surface area contributed by atoms with Gasteiger partial charge in [-0.2, -0.15) is 5.26 Å². The van der Waals surface area contributed by atoms with Gasteiger partial charge in [0.25, 0.3) is 0 Å². The molecule has 142 valence electrons. The molecule has 0 aliphatic carbocycles. The third-order valence-electron chi connectivity index (χ3n) is 4.40. The fourth-order valence-corrected chi connectivity index (χ4v) is 3.52. The van der Waals surface area contributed by atoms with Crippen molar-refractivity contribution in [2.45, 2.75) is 18.9 Å². The van der Waals surface area contributed by atoms with Gasteiger partial charge in [-0.3, -0.25) is 9.36 Å². The van der Waals surface area contributed by atoms with Crippen molar-refractivity contribution in [1.29, 1.82) is 5.26 Å². The normalized spacial score (nSPS) is 10.4. The Morgan fingerprint density at radius 2 is 2.00 bits per heavy atom. The molecule has 3 aromatic rings. The van der Waals surface area contributed by atoms with Gasteiger partial charge in [-0.05, 0) is 55.8 Å². The van der Waals surface area contributed by atoms with Gasteiger partial charge < -0.3 is 10.1 Å². The van der Waals surface area contributed by atoms with Crippen LogP contribution < -0.4 is 10.1 Å². The van der Waals surface area contributed by atoms with E-state index in [0.717, 1.165) is 27.7 Å². The van der Waals surface area contributed by atoms with Crippen LogP contribution >= 0.6 is 11.8 Å². The molecule has 2 heterocycles. The van der Waals surface area contributed by atoms with E-state index in [1.165, 1.54) is 11.8 Å². The zero-order valence-electron chi connectivity index (χ0n) is 15.9. The van der Waals surface area contributed by atoms with Gasteiger partial charge in [0.2, 0.25) is 5.91 Å². The molecule has 1 N–H and O–H groups in total. The quantitative estimate of drug-likeness (QED) is 0.639. The zero-order chi connectivity index (χ0) is 20.1. The highest BCUT2D eigenvalue weighted by Gasteiger charge is 2.20. The standard InChI is InChI=1S/C21H20N4O2S/c1-14-15(2)25(16-7-9-17(27-3)10-8-16)21(18(14)12-22)24-19(26)13-28-20-6-4-5-11-23-20/h4-11H,13H2,1-3H3,(H,24,26). The minimum atomic E-state index is -0.195. The number of rotatable bonds is 6. The van der Waals surface area contributed by atoms with Gasteiger partial charge in [0, 0.05) is 17.6 Å². The van der Waals surface area contributed by atoms with Gasteiger partial charge in [-0.25, -0.2) is 4.98 Å². The Morgan fingerprint density at radius 1 is 1.25 bits per heavy atom. The molecule has 0 radical (unpaired) electrons. The molecule has 0 saturated heterocycles. The van der Waals surface area contributed by atoms with Crippen LogP contribution in [0.4, 0.5) is 5.82 Å². The lowest BCUT2D eigenvalue weighted by molar-refractivity contribution is -0.113. The average molecular weight is 392 g/mol. The van der Waals surface area contributed by atoms with Gasteiger partial charge in [0.05, 0.1) is 23.5 Å². The number of hydrogen-bond acceptors (Lipinski definition) is 5. The monoisotopic (exact) mass is 392 g/mol. The molecule has 2 aromatic heterocycles. The van der Waals surface area contributed by atoms with E-state index in [1.807, 2.05) is 60.9 Å². The van der Waals surface area contributed by atoms with Crippen molar-refractivity contribution in [2.75, 3.05) is 18.2 Å². The van der Waals surface area contributed by atoms with Crippen LogP contribution in [-0.2, 0) is 4.79 Å². The fraction of sp³-hybridized carbons (Fsp3) is 0.190. The Balaban J connectivity index is 1.89. The van der Waals surface area contributed by atoms with Gasteiger partial charge in [-0.1, -0.05) is 17.8 Å². The topological polar surface area (TPSA) is 79.9 Å². The first-order valence-electron chi connectivity index (χ1n) is 8.65. The molecule has 0 spiro atoms. The van der Waals surface area contributed by atoms with Crippen LogP contribution in [0.2, 0.25) is 0 Å². The molecular weight excluding hydrogens is 372 g/mol. The molecule has 0 atom stereocenters. The van der Waals surface area contributed by atoms with E-state index in [9.17, 15) is 10.1 Å². The number of carbonyl (C=O) groups excluding carboxylic acids is 1. The number of amides is 1. The summed E-state index contributed by atoms with van der Waals surface area (Å²) in [5.41, 5.74) is 3.04. The first-order chi connectivity index (χ1) is 13.5. The summed E-state index contributed by atoms with van der Waals surface area (Å²) in [5.74, 6) is 1.23. The van der Waals surface area contributed by atoms with Crippen LogP contribution in [0.3, 0.4) is 0 Å². The second-order valence-corrected chi connectivity index (χ2v) is 7.08. The van der Waals surface area contributed by atoms with Crippen LogP contribution in [0.1, 0.15) is 16.8 Å². The Kier molecular flexibility index (Phi) is 6.02. The SMILES string of the molecule is COc1ccc(-n2c(C)c(C)c(C#N)c2NC(=O)CSc2ccccn2)cc1. The minimum absolute atomic E-state index is 0.195. The number of nitrogens with zero attached hydrogens (tertiary/aromatic N) is 3. The maximum absolute atomic E-state index is 12.6. The van der Waals surface area contributed by atoms with E-state index < -0.39 is 0 Å². The van der Waals surface area contributed by atoms with Crippen LogP contribution in [0, 0.1) is 25.2 Å². The number of hydrogen-bond donors (Lipinski definition) is 1. The first-order valence-corrected chi connectivity index (χ1v) is 9.63. The van der Waals surface area contributed by atoms with Crippen molar-refractivity contribution >= 4 is 23.5 Å². The van der Waals surface area contributed by atoms with Crippen LogP contribution in [0.15, 0.2) is 53.7 Å². The number of ether oxygens (including phenoxy) is 1. The summed E-state index contributed by atoms with van der Waals surface area (Å²) in [7, 11) is 1.61. The molecule has 28 heavy (non-hydrogen) atoms. The second-order valence-electron chi connectivity index (χ2n) is 6.08. The van der Waals surface area contributed by atoms with Crippen molar-refractivity contribution in [3.05, 3.63) is 65.5 Å². The lowest BCUT2D eigenvalue weighted by atomic mass is 10.2. The Morgan fingerprint density at radius 3 is 2.61 bits per heavy atom. The Labute approximate surface area is 168 Å². The molecule has 0 unspecified atom stereocenters. The molecular formula is C21H20N4O2S. The highest BCUT2D eigenvalue weighted by atomic mass is 32.2. The van der Waals surface area contributed by atoms with Crippen LogP contribution in [0.5, 0.6) is 5.75 Å². The lowest BCUT2D eigenvalue weighted by Crippen LogP contribution is -2.17. The van der Waals surface area contributed by atoms with E-state index in [2.05, 4.69) is 16.4 Å². The first kappa shape index (κ1) is 19.5. The highest BCUT2D eigenvalue weighted by molar-refractivity contribution is 7.99. The molecule has 0 aliphatic rings. The predicted molar refractivity (Wildman–Crippen MR) is 110 cm³/mol. The maximum atomic E-state index is 12.6. The predicted octanol–water partition coefficient (Wildman–Crippen LogP) is 4.10. The number of nitriles is 1. The van der Waals surface area contributed by atoms with Gasteiger partial charge in [0.1, 0.15) is 17.6 Å². The Bertz CT molecular complexity index is 1020. The summed E-state index contributed by atoms with van der Waals surface area (Å²) < 4.78 is 7.10. The van der Waals surface area contributed by atoms with Crippen molar-refractivity contribution in [2.24, 2.45) is 0 Å². The van der Waals surface area contributed by atoms with Crippen LogP contribution in [0.25, 0.3) is 5.69 Å². The fourth-order valence-electron chi connectivity index (χ4n) is 2.86. The van der Waals surface area contributed by atoms with E-state index in [0.29, 0.717) is 11.4 Å². The number of carbonyl (C=O) groups is 1. The third kappa shape index (κ3) is 4.02. The number of thioether (sulfide) groups is 1. The summed E-state index contributed by atoms with van der Waals surface area (Å²) >= 11 is 1.35. The molecule has 0 aliphatic heterocycles. The van der Waals surface area contributed by atoms with E-state index in [1.54, 1.807) is 13.3 Å².